The highest BCUT2D eigenvalue weighted by atomic mass is 32.2. The number of nitrogens with one attached hydrogen (secondary N) is 1. The molecule has 0 aliphatic carbocycles. The maximum absolute atomic E-state index is 12.4. The Morgan fingerprint density at radius 2 is 1.88 bits per heavy atom. The first-order valence-electron chi connectivity index (χ1n) is 8.01. The number of anilines is 1. The van der Waals surface area contributed by atoms with Gasteiger partial charge in [0, 0.05) is 19.2 Å². The van der Waals surface area contributed by atoms with Crippen molar-refractivity contribution in [2.75, 3.05) is 44.8 Å². The molecule has 1 aromatic carbocycles. The van der Waals surface area contributed by atoms with Crippen LogP contribution < -0.4 is 15.8 Å². The first-order valence-corrected chi connectivity index (χ1v) is 9.66. The van der Waals surface area contributed by atoms with Crippen LogP contribution in [0.15, 0.2) is 17.0 Å². The van der Waals surface area contributed by atoms with E-state index in [0.29, 0.717) is 6.54 Å². The molecule has 1 rings (SSSR count). The van der Waals surface area contributed by atoms with Gasteiger partial charge in [0.2, 0.25) is 0 Å². The number of sulfone groups is 1. The van der Waals surface area contributed by atoms with Crippen molar-refractivity contribution in [3.8, 4) is 5.75 Å². The Morgan fingerprint density at radius 3 is 2.38 bits per heavy atom. The number of rotatable bonds is 9. The SMILES string of the molecule is CCN(CC)CCNC(=O)c1cc(S(=O)(=O)CC)c(N)cc1OC. The van der Waals surface area contributed by atoms with Gasteiger partial charge in [0.05, 0.1) is 29.0 Å². The van der Waals surface area contributed by atoms with Crippen LogP contribution in [-0.4, -0.2) is 58.3 Å². The summed E-state index contributed by atoms with van der Waals surface area (Å²) in [6, 6.07) is 2.67. The van der Waals surface area contributed by atoms with Crippen LogP contribution in [-0.2, 0) is 9.84 Å². The molecular weight excluding hydrogens is 330 g/mol. The predicted octanol–water partition coefficient (Wildman–Crippen LogP) is 1.14. The average Bonchev–Trinajstić information content (AvgIpc) is 2.57. The van der Waals surface area contributed by atoms with Crippen LogP contribution in [0.5, 0.6) is 5.75 Å². The van der Waals surface area contributed by atoms with E-state index in [4.69, 9.17) is 10.5 Å². The second kappa shape index (κ2) is 8.89. The Kier molecular flexibility index (Phi) is 7.50. The van der Waals surface area contributed by atoms with Crippen LogP contribution >= 0.6 is 0 Å². The van der Waals surface area contributed by atoms with Crippen molar-refractivity contribution in [3.63, 3.8) is 0 Å². The van der Waals surface area contributed by atoms with E-state index >= 15 is 0 Å². The van der Waals surface area contributed by atoms with Crippen molar-refractivity contribution in [3.05, 3.63) is 17.7 Å². The molecule has 3 N–H and O–H groups in total. The van der Waals surface area contributed by atoms with E-state index in [1.54, 1.807) is 0 Å². The number of hydrogen-bond acceptors (Lipinski definition) is 6. The van der Waals surface area contributed by atoms with Crippen LogP contribution in [0, 0.1) is 0 Å². The van der Waals surface area contributed by atoms with E-state index in [2.05, 4.69) is 24.1 Å². The Balaban J connectivity index is 3.04. The number of nitrogen functional groups attached to an aromatic ring is 1. The zero-order valence-corrected chi connectivity index (χ0v) is 15.6. The van der Waals surface area contributed by atoms with E-state index in [1.165, 1.54) is 26.2 Å². The molecule has 0 saturated heterocycles. The summed E-state index contributed by atoms with van der Waals surface area (Å²) in [5, 5.41) is 2.79. The fourth-order valence-corrected chi connectivity index (χ4v) is 3.34. The Hall–Kier alpha value is -1.80. The molecule has 0 saturated carbocycles. The molecule has 0 aliphatic rings. The summed E-state index contributed by atoms with van der Waals surface area (Å²) in [4.78, 5) is 14.5. The van der Waals surface area contributed by atoms with Crippen LogP contribution in [0.1, 0.15) is 31.1 Å². The maximum atomic E-state index is 12.4. The van der Waals surface area contributed by atoms with Gasteiger partial charge in [0.1, 0.15) is 5.75 Å². The number of ether oxygens (including phenoxy) is 1. The molecular formula is C16H27N3O4S. The van der Waals surface area contributed by atoms with Crippen LogP contribution in [0.25, 0.3) is 0 Å². The molecule has 8 heteroatoms. The number of nitrogens with zero attached hydrogens (tertiary/aromatic N) is 1. The largest absolute Gasteiger partial charge is 0.496 e. The molecule has 0 spiro atoms. The highest BCUT2D eigenvalue weighted by Gasteiger charge is 2.22. The topological polar surface area (TPSA) is 102 Å². The molecule has 0 aliphatic heterocycles. The zero-order valence-electron chi connectivity index (χ0n) is 14.8. The molecule has 0 heterocycles. The average molecular weight is 357 g/mol. The second-order valence-electron chi connectivity index (χ2n) is 5.28. The summed E-state index contributed by atoms with van der Waals surface area (Å²) in [7, 11) is -2.11. The summed E-state index contributed by atoms with van der Waals surface area (Å²) < 4.78 is 29.4. The normalized spacial score (nSPS) is 11.5. The lowest BCUT2D eigenvalue weighted by Gasteiger charge is -2.18. The standard InChI is InChI=1S/C16H27N3O4S/c1-5-19(6-2)9-8-18-16(20)12-10-15(24(21,22)7-3)13(17)11-14(12)23-4/h10-11H,5-9,17H2,1-4H3,(H,18,20). The van der Waals surface area contributed by atoms with Gasteiger partial charge in [-0.15, -0.1) is 0 Å². The van der Waals surface area contributed by atoms with Crippen LogP contribution in [0.3, 0.4) is 0 Å². The smallest absolute Gasteiger partial charge is 0.255 e. The minimum atomic E-state index is -3.52. The molecule has 1 aromatic rings. The maximum Gasteiger partial charge on any atom is 0.255 e. The summed E-state index contributed by atoms with van der Waals surface area (Å²) in [6.07, 6.45) is 0. The van der Waals surface area contributed by atoms with E-state index in [0.717, 1.165) is 19.6 Å². The molecule has 7 nitrogen and oxygen atoms in total. The molecule has 0 unspecified atom stereocenters. The minimum absolute atomic E-state index is 0.0420. The van der Waals surface area contributed by atoms with Gasteiger partial charge in [0.25, 0.3) is 5.91 Å². The second-order valence-corrected chi connectivity index (χ2v) is 7.52. The van der Waals surface area contributed by atoms with Gasteiger partial charge in [-0.25, -0.2) is 8.42 Å². The van der Waals surface area contributed by atoms with Crippen molar-refractivity contribution in [2.24, 2.45) is 0 Å². The number of likely N-dealkylation sites (N-methyl/N-ethyl adjacent to an activating group) is 1. The first-order chi connectivity index (χ1) is 11.3. The molecule has 1 amide bonds. The van der Waals surface area contributed by atoms with E-state index in [1.807, 2.05) is 0 Å². The van der Waals surface area contributed by atoms with Gasteiger partial charge < -0.3 is 20.7 Å². The van der Waals surface area contributed by atoms with Gasteiger partial charge in [-0.1, -0.05) is 20.8 Å². The summed E-state index contributed by atoms with van der Waals surface area (Å²) in [6.45, 7) is 8.61. The third kappa shape index (κ3) is 4.85. The van der Waals surface area contributed by atoms with Crippen molar-refractivity contribution in [1.82, 2.24) is 10.2 Å². The number of benzene rings is 1. The molecule has 0 fully saturated rings. The van der Waals surface area contributed by atoms with Crippen molar-refractivity contribution >= 4 is 21.4 Å². The summed E-state index contributed by atoms with van der Waals surface area (Å²) in [5.41, 5.74) is 6.05. The van der Waals surface area contributed by atoms with Crippen molar-refractivity contribution < 1.29 is 17.9 Å². The van der Waals surface area contributed by atoms with Gasteiger partial charge in [-0.05, 0) is 19.2 Å². The lowest BCUT2D eigenvalue weighted by atomic mass is 10.1. The zero-order chi connectivity index (χ0) is 18.3. The van der Waals surface area contributed by atoms with Gasteiger partial charge in [0.15, 0.2) is 9.84 Å². The number of nitrogens with two attached hydrogens (primary N) is 1. The number of carbonyl (C=O) groups is 1. The van der Waals surface area contributed by atoms with Gasteiger partial charge in [-0.2, -0.15) is 0 Å². The van der Waals surface area contributed by atoms with Gasteiger partial charge in [-0.3, -0.25) is 4.79 Å². The van der Waals surface area contributed by atoms with E-state index < -0.39 is 9.84 Å². The third-order valence-corrected chi connectivity index (χ3v) is 5.68. The monoisotopic (exact) mass is 357 g/mol. The number of amides is 1. The Morgan fingerprint density at radius 1 is 1.25 bits per heavy atom. The predicted molar refractivity (Wildman–Crippen MR) is 95.3 cm³/mol. The molecule has 0 radical (unpaired) electrons. The fraction of sp³-hybridized carbons (Fsp3) is 0.562. The Labute approximate surface area is 144 Å². The summed E-state index contributed by atoms with van der Waals surface area (Å²) in [5.74, 6) is -0.221. The highest BCUT2D eigenvalue weighted by molar-refractivity contribution is 7.91. The first kappa shape index (κ1) is 20.2. The summed E-state index contributed by atoms with van der Waals surface area (Å²) >= 11 is 0. The lowest BCUT2D eigenvalue weighted by molar-refractivity contribution is 0.0945. The Bertz CT molecular complexity index is 670. The highest BCUT2D eigenvalue weighted by Crippen LogP contribution is 2.29. The molecule has 24 heavy (non-hydrogen) atoms. The van der Waals surface area contributed by atoms with Crippen molar-refractivity contribution in [1.29, 1.82) is 0 Å². The molecule has 136 valence electrons. The fourth-order valence-electron chi connectivity index (χ4n) is 2.31. The van der Waals surface area contributed by atoms with E-state index in [-0.39, 0.29) is 33.6 Å². The van der Waals surface area contributed by atoms with Crippen LogP contribution in [0.4, 0.5) is 5.69 Å². The van der Waals surface area contributed by atoms with Gasteiger partial charge >= 0.3 is 0 Å². The quantitative estimate of drug-likeness (QED) is 0.643. The minimum Gasteiger partial charge on any atom is -0.496 e. The molecule has 0 atom stereocenters. The number of hydrogen-bond donors (Lipinski definition) is 2. The lowest BCUT2D eigenvalue weighted by Crippen LogP contribution is -2.35. The third-order valence-electron chi connectivity index (χ3n) is 3.90. The molecule has 0 aromatic heterocycles. The van der Waals surface area contributed by atoms with E-state index in [9.17, 15) is 13.2 Å². The van der Waals surface area contributed by atoms with Crippen LogP contribution in [0.2, 0.25) is 0 Å². The van der Waals surface area contributed by atoms with Crippen molar-refractivity contribution in [2.45, 2.75) is 25.7 Å². The molecule has 0 bridgehead atoms. The number of carbonyl (C=O) groups excluding carboxylic acids is 1. The number of methoxy groups -OCH3 is 1.